The molecule has 1 aliphatic heterocycles. The van der Waals surface area contributed by atoms with Crippen molar-refractivity contribution in [2.45, 2.75) is 53.2 Å². The van der Waals surface area contributed by atoms with Crippen molar-refractivity contribution in [2.75, 3.05) is 19.7 Å². The number of fused-ring (bicyclic) bond motifs is 1. The van der Waals surface area contributed by atoms with Gasteiger partial charge in [-0.15, -0.1) is 5.92 Å². The lowest BCUT2D eigenvalue weighted by Gasteiger charge is -2.23. The highest BCUT2D eigenvalue weighted by Crippen LogP contribution is 2.33. The molecule has 1 saturated heterocycles. The number of hydrogen-bond donors (Lipinski definition) is 0. The van der Waals surface area contributed by atoms with E-state index in [-0.39, 0.29) is 0 Å². The van der Waals surface area contributed by atoms with Crippen LogP contribution in [-0.4, -0.2) is 36.7 Å². The lowest BCUT2D eigenvalue weighted by molar-refractivity contribution is 0.0370. The molecule has 0 spiro atoms. The van der Waals surface area contributed by atoms with Gasteiger partial charge in [0.1, 0.15) is 0 Å². The van der Waals surface area contributed by atoms with E-state index in [4.69, 9.17) is 4.74 Å². The van der Waals surface area contributed by atoms with Crippen LogP contribution in [0, 0.1) is 11.8 Å². The first-order valence-corrected chi connectivity index (χ1v) is 6.17. The van der Waals surface area contributed by atoms with Crippen molar-refractivity contribution in [3.05, 3.63) is 0 Å². The summed E-state index contributed by atoms with van der Waals surface area (Å²) >= 11 is 0. The Bertz CT molecular complexity index is 204. The molecule has 0 N–H and O–H groups in total. The normalized spacial score (nSPS) is 26.7. The smallest absolute Gasteiger partial charge is 0.0748 e. The second kappa shape index (κ2) is 8.76. The molecule has 1 aliphatic carbocycles. The van der Waals surface area contributed by atoms with Crippen LogP contribution in [0.2, 0.25) is 0 Å². The van der Waals surface area contributed by atoms with Crippen LogP contribution in [0.5, 0.6) is 0 Å². The third-order valence-corrected chi connectivity index (χ3v) is 2.34. The standard InChI is InChI=1S/C9H13NO.2C2H6/c1-2-3-4-10-5-6-11-9-7-8(9)10;2*1-2/h8-9H,4-7H2,1H3;2*1-2H3. The molecular weight excluding hydrogens is 186 g/mol. The Hall–Kier alpha value is -0.520. The third-order valence-electron chi connectivity index (χ3n) is 2.34. The van der Waals surface area contributed by atoms with E-state index in [1.807, 2.05) is 34.6 Å². The molecule has 0 aromatic heterocycles. The van der Waals surface area contributed by atoms with Gasteiger partial charge in [-0.2, -0.15) is 0 Å². The van der Waals surface area contributed by atoms with Crippen molar-refractivity contribution >= 4 is 0 Å². The highest BCUT2D eigenvalue weighted by Gasteiger charge is 2.45. The average Bonchev–Trinajstić information content (AvgIpc) is 3.11. The molecule has 2 unspecified atom stereocenters. The van der Waals surface area contributed by atoms with Gasteiger partial charge in [0.15, 0.2) is 0 Å². The number of hydrogen-bond acceptors (Lipinski definition) is 2. The predicted molar refractivity (Wildman–Crippen MR) is 65.9 cm³/mol. The Morgan fingerprint density at radius 1 is 1.27 bits per heavy atom. The SMILES string of the molecule is CC.CC.CC#CCN1CCOC2CC21. The molecule has 88 valence electrons. The van der Waals surface area contributed by atoms with E-state index in [0.29, 0.717) is 12.1 Å². The molecule has 2 heteroatoms. The van der Waals surface area contributed by atoms with E-state index in [2.05, 4.69) is 16.7 Å². The van der Waals surface area contributed by atoms with E-state index in [9.17, 15) is 0 Å². The predicted octanol–water partition coefficient (Wildman–Crippen LogP) is 2.54. The Kier molecular flexibility index (Phi) is 8.46. The van der Waals surface area contributed by atoms with Crippen LogP contribution in [0.4, 0.5) is 0 Å². The largest absolute Gasteiger partial charge is 0.375 e. The Morgan fingerprint density at radius 3 is 2.53 bits per heavy atom. The Morgan fingerprint density at radius 2 is 1.93 bits per heavy atom. The maximum absolute atomic E-state index is 5.47. The number of ether oxygens (including phenoxy) is 1. The number of morpholine rings is 1. The minimum atomic E-state index is 0.544. The molecule has 15 heavy (non-hydrogen) atoms. The van der Waals surface area contributed by atoms with Crippen molar-refractivity contribution in [3.8, 4) is 11.8 Å². The van der Waals surface area contributed by atoms with Gasteiger partial charge in [-0.3, -0.25) is 4.90 Å². The minimum absolute atomic E-state index is 0.544. The van der Waals surface area contributed by atoms with E-state index in [0.717, 1.165) is 19.7 Å². The molecule has 2 nitrogen and oxygen atoms in total. The highest BCUT2D eigenvalue weighted by molar-refractivity contribution is 5.05. The van der Waals surface area contributed by atoms with E-state index in [1.54, 1.807) is 0 Å². The zero-order valence-corrected chi connectivity index (χ0v) is 10.8. The Balaban J connectivity index is 0.000000442. The molecule has 2 fully saturated rings. The summed E-state index contributed by atoms with van der Waals surface area (Å²) in [5, 5.41) is 0. The highest BCUT2D eigenvalue weighted by atomic mass is 16.5. The molecule has 1 heterocycles. The molecule has 2 atom stereocenters. The molecule has 2 rings (SSSR count). The van der Waals surface area contributed by atoms with Gasteiger partial charge in [-0.05, 0) is 13.3 Å². The van der Waals surface area contributed by atoms with Crippen molar-refractivity contribution in [1.82, 2.24) is 4.90 Å². The maximum atomic E-state index is 5.47. The second-order valence-electron chi connectivity index (χ2n) is 3.11. The van der Waals surface area contributed by atoms with Gasteiger partial charge in [0.05, 0.1) is 19.3 Å². The van der Waals surface area contributed by atoms with Crippen LogP contribution >= 0.6 is 0 Å². The summed E-state index contributed by atoms with van der Waals surface area (Å²) in [4.78, 5) is 2.42. The second-order valence-corrected chi connectivity index (χ2v) is 3.11. The van der Waals surface area contributed by atoms with Crippen LogP contribution in [0.1, 0.15) is 41.0 Å². The fourth-order valence-electron chi connectivity index (χ4n) is 1.59. The molecule has 0 bridgehead atoms. The summed E-state index contributed by atoms with van der Waals surface area (Å²) in [6.07, 6.45) is 1.77. The van der Waals surface area contributed by atoms with E-state index in [1.165, 1.54) is 6.42 Å². The third kappa shape index (κ3) is 4.68. The van der Waals surface area contributed by atoms with Crippen molar-refractivity contribution in [1.29, 1.82) is 0 Å². The van der Waals surface area contributed by atoms with Crippen LogP contribution < -0.4 is 0 Å². The summed E-state index contributed by atoms with van der Waals surface area (Å²) in [5.41, 5.74) is 0. The maximum Gasteiger partial charge on any atom is 0.0748 e. The van der Waals surface area contributed by atoms with Crippen molar-refractivity contribution in [2.24, 2.45) is 0 Å². The van der Waals surface area contributed by atoms with Crippen LogP contribution in [-0.2, 0) is 4.74 Å². The van der Waals surface area contributed by atoms with Gasteiger partial charge in [-0.1, -0.05) is 33.6 Å². The number of nitrogens with zero attached hydrogens (tertiary/aromatic N) is 1. The molecule has 1 saturated carbocycles. The minimum Gasteiger partial charge on any atom is -0.375 e. The molecule has 0 aromatic carbocycles. The van der Waals surface area contributed by atoms with Gasteiger partial charge in [0, 0.05) is 12.6 Å². The summed E-state index contributed by atoms with van der Waals surface area (Å²) < 4.78 is 5.47. The zero-order chi connectivity index (χ0) is 11.7. The first-order valence-electron chi connectivity index (χ1n) is 6.17. The van der Waals surface area contributed by atoms with Gasteiger partial charge in [0.25, 0.3) is 0 Å². The number of rotatable bonds is 1. The molecular formula is C13H25NO. The summed E-state index contributed by atoms with van der Waals surface area (Å²) in [5.74, 6) is 6.02. The van der Waals surface area contributed by atoms with Crippen LogP contribution in [0.15, 0.2) is 0 Å². The fraction of sp³-hybridized carbons (Fsp3) is 0.846. The quantitative estimate of drug-likeness (QED) is 0.618. The van der Waals surface area contributed by atoms with E-state index < -0.39 is 0 Å². The lowest BCUT2D eigenvalue weighted by Crippen LogP contribution is -2.36. The van der Waals surface area contributed by atoms with Crippen LogP contribution in [0.25, 0.3) is 0 Å². The average molecular weight is 211 g/mol. The molecule has 0 amide bonds. The van der Waals surface area contributed by atoms with Crippen LogP contribution in [0.3, 0.4) is 0 Å². The van der Waals surface area contributed by atoms with Gasteiger partial charge in [-0.25, -0.2) is 0 Å². The fourth-order valence-corrected chi connectivity index (χ4v) is 1.59. The van der Waals surface area contributed by atoms with Gasteiger partial charge >= 0.3 is 0 Å². The molecule has 0 aromatic rings. The van der Waals surface area contributed by atoms with Gasteiger partial charge < -0.3 is 4.74 Å². The topological polar surface area (TPSA) is 12.5 Å². The van der Waals surface area contributed by atoms with E-state index >= 15 is 0 Å². The zero-order valence-electron chi connectivity index (χ0n) is 10.8. The summed E-state index contributed by atoms with van der Waals surface area (Å²) in [7, 11) is 0. The monoisotopic (exact) mass is 211 g/mol. The molecule has 0 radical (unpaired) electrons. The lowest BCUT2D eigenvalue weighted by atomic mass is 10.4. The summed E-state index contributed by atoms with van der Waals surface area (Å²) in [6.45, 7) is 12.8. The van der Waals surface area contributed by atoms with Crippen molar-refractivity contribution < 1.29 is 4.74 Å². The first-order chi connectivity index (χ1) is 7.42. The van der Waals surface area contributed by atoms with Gasteiger partial charge in [0.2, 0.25) is 0 Å². The van der Waals surface area contributed by atoms with Crippen molar-refractivity contribution in [3.63, 3.8) is 0 Å². The molecule has 2 aliphatic rings. The summed E-state index contributed by atoms with van der Waals surface area (Å²) in [6, 6.07) is 0.699. The Labute approximate surface area is 95.0 Å². The first kappa shape index (κ1) is 14.5.